The topological polar surface area (TPSA) is 81.2 Å². The molecule has 0 unspecified atom stereocenters. The van der Waals surface area contributed by atoms with E-state index >= 15 is 0 Å². The maximum atomic E-state index is 10.9. The summed E-state index contributed by atoms with van der Waals surface area (Å²) in [4.78, 5) is 14.8. The van der Waals surface area contributed by atoms with Crippen molar-refractivity contribution < 1.29 is 9.34 Å². The average molecular weight is 275 g/mol. The number of nitrogens with one attached hydrogen (secondary N) is 1. The number of rotatable bonds is 6. The number of oxazole rings is 1. The van der Waals surface area contributed by atoms with Gasteiger partial charge in [-0.25, -0.2) is 4.98 Å². The van der Waals surface area contributed by atoms with Crippen LogP contribution in [0.1, 0.15) is 17.9 Å². The molecule has 0 spiro atoms. The van der Waals surface area contributed by atoms with Gasteiger partial charge in [-0.3, -0.25) is 10.1 Å². The zero-order chi connectivity index (χ0) is 14.5. The van der Waals surface area contributed by atoms with Crippen molar-refractivity contribution in [1.82, 2.24) is 10.3 Å². The van der Waals surface area contributed by atoms with Gasteiger partial charge in [-0.15, -0.1) is 0 Å². The van der Waals surface area contributed by atoms with Crippen LogP contribution in [0, 0.1) is 17.0 Å². The summed E-state index contributed by atoms with van der Waals surface area (Å²) in [5, 5.41) is 14.0. The van der Waals surface area contributed by atoms with Gasteiger partial charge < -0.3 is 9.73 Å². The normalized spacial score (nSPS) is 10.7. The Labute approximate surface area is 117 Å². The van der Waals surface area contributed by atoms with Crippen LogP contribution in [0.5, 0.6) is 0 Å². The standard InChI is InChI=1S/C14H17N3O3/c1-10-11(5-3-6-12(10)17(18)19)13-9-16-14(20-13)7-4-8-15-2/h3,5-6,9,15H,4,7-8H2,1-2H3. The molecule has 1 aromatic carbocycles. The Hall–Kier alpha value is -2.21. The van der Waals surface area contributed by atoms with Crippen LogP contribution in [0.2, 0.25) is 0 Å². The van der Waals surface area contributed by atoms with E-state index in [2.05, 4.69) is 10.3 Å². The van der Waals surface area contributed by atoms with Crippen LogP contribution in [-0.2, 0) is 6.42 Å². The van der Waals surface area contributed by atoms with Gasteiger partial charge in [0.05, 0.1) is 11.1 Å². The van der Waals surface area contributed by atoms with Crippen molar-refractivity contribution >= 4 is 5.69 Å². The van der Waals surface area contributed by atoms with E-state index in [0.29, 0.717) is 22.8 Å². The van der Waals surface area contributed by atoms with Crippen LogP contribution in [0.15, 0.2) is 28.8 Å². The highest BCUT2D eigenvalue weighted by Gasteiger charge is 2.16. The number of nitro groups is 1. The van der Waals surface area contributed by atoms with Gasteiger partial charge >= 0.3 is 0 Å². The maximum Gasteiger partial charge on any atom is 0.273 e. The fraction of sp³-hybridized carbons (Fsp3) is 0.357. The molecule has 1 N–H and O–H groups in total. The number of hydrogen-bond donors (Lipinski definition) is 1. The van der Waals surface area contributed by atoms with Crippen LogP contribution in [0.3, 0.4) is 0 Å². The molecule has 0 saturated carbocycles. The van der Waals surface area contributed by atoms with Crippen molar-refractivity contribution in [3.05, 3.63) is 46.0 Å². The molecular formula is C14H17N3O3. The summed E-state index contributed by atoms with van der Waals surface area (Å²) in [7, 11) is 1.90. The molecule has 0 atom stereocenters. The predicted molar refractivity (Wildman–Crippen MR) is 75.6 cm³/mol. The van der Waals surface area contributed by atoms with Gasteiger partial charge in [0.15, 0.2) is 11.7 Å². The van der Waals surface area contributed by atoms with E-state index in [1.807, 2.05) is 7.05 Å². The van der Waals surface area contributed by atoms with Crippen molar-refractivity contribution in [1.29, 1.82) is 0 Å². The Bertz CT molecular complexity index is 607. The number of aryl methyl sites for hydroxylation is 1. The van der Waals surface area contributed by atoms with Crippen molar-refractivity contribution in [2.45, 2.75) is 19.8 Å². The van der Waals surface area contributed by atoms with Gasteiger partial charge in [0.2, 0.25) is 0 Å². The molecule has 0 bridgehead atoms. The van der Waals surface area contributed by atoms with Crippen molar-refractivity contribution in [3.63, 3.8) is 0 Å². The summed E-state index contributed by atoms with van der Waals surface area (Å²) in [6.07, 6.45) is 3.31. The molecule has 0 radical (unpaired) electrons. The zero-order valence-electron chi connectivity index (χ0n) is 11.5. The Morgan fingerprint density at radius 1 is 1.45 bits per heavy atom. The first-order chi connectivity index (χ1) is 9.63. The van der Waals surface area contributed by atoms with E-state index in [1.54, 1.807) is 25.3 Å². The van der Waals surface area contributed by atoms with Crippen LogP contribution in [0.4, 0.5) is 5.69 Å². The number of nitro benzene ring substituents is 1. The minimum atomic E-state index is -0.386. The van der Waals surface area contributed by atoms with E-state index in [4.69, 9.17) is 4.42 Å². The van der Waals surface area contributed by atoms with Crippen molar-refractivity contribution in [2.75, 3.05) is 13.6 Å². The molecule has 0 aliphatic rings. The third kappa shape index (κ3) is 3.03. The van der Waals surface area contributed by atoms with E-state index < -0.39 is 0 Å². The van der Waals surface area contributed by atoms with Crippen LogP contribution in [0.25, 0.3) is 11.3 Å². The first-order valence-corrected chi connectivity index (χ1v) is 6.47. The minimum absolute atomic E-state index is 0.0932. The summed E-state index contributed by atoms with van der Waals surface area (Å²) < 4.78 is 5.67. The number of aromatic nitrogens is 1. The lowest BCUT2D eigenvalue weighted by Gasteiger charge is -2.02. The Balaban J connectivity index is 2.24. The van der Waals surface area contributed by atoms with Crippen LogP contribution in [-0.4, -0.2) is 23.5 Å². The molecule has 1 aromatic heterocycles. The highest BCUT2D eigenvalue weighted by atomic mass is 16.6. The molecule has 0 fully saturated rings. The second kappa shape index (κ2) is 6.29. The third-order valence-electron chi connectivity index (χ3n) is 3.14. The predicted octanol–water partition coefficient (Wildman–Crippen LogP) is 2.71. The first-order valence-electron chi connectivity index (χ1n) is 6.47. The molecule has 6 heteroatoms. The molecule has 20 heavy (non-hydrogen) atoms. The third-order valence-corrected chi connectivity index (χ3v) is 3.14. The molecular weight excluding hydrogens is 258 g/mol. The highest BCUT2D eigenvalue weighted by Crippen LogP contribution is 2.30. The first kappa shape index (κ1) is 14.2. The molecule has 0 saturated heterocycles. The van der Waals surface area contributed by atoms with Gasteiger partial charge in [0.25, 0.3) is 5.69 Å². The van der Waals surface area contributed by atoms with Gasteiger partial charge in [0, 0.05) is 23.6 Å². The molecule has 6 nitrogen and oxygen atoms in total. The average Bonchev–Trinajstić information content (AvgIpc) is 2.87. The largest absolute Gasteiger partial charge is 0.441 e. The molecule has 1 heterocycles. The summed E-state index contributed by atoms with van der Waals surface area (Å²) in [6.45, 7) is 2.62. The number of nitrogens with zero attached hydrogens (tertiary/aromatic N) is 2. The molecule has 2 aromatic rings. The smallest absolute Gasteiger partial charge is 0.273 e. The Kier molecular flexibility index (Phi) is 4.47. The van der Waals surface area contributed by atoms with Crippen molar-refractivity contribution in [3.8, 4) is 11.3 Å². The number of benzene rings is 1. The summed E-state index contributed by atoms with van der Waals surface area (Å²) >= 11 is 0. The summed E-state index contributed by atoms with van der Waals surface area (Å²) in [6, 6.07) is 4.95. The van der Waals surface area contributed by atoms with E-state index in [9.17, 15) is 10.1 Å². The van der Waals surface area contributed by atoms with E-state index in [-0.39, 0.29) is 10.6 Å². The van der Waals surface area contributed by atoms with Gasteiger partial charge in [-0.2, -0.15) is 0 Å². The molecule has 0 aliphatic heterocycles. The zero-order valence-corrected chi connectivity index (χ0v) is 11.5. The van der Waals surface area contributed by atoms with Gasteiger partial charge in [-0.1, -0.05) is 12.1 Å². The minimum Gasteiger partial charge on any atom is -0.441 e. The van der Waals surface area contributed by atoms with Crippen molar-refractivity contribution in [2.24, 2.45) is 0 Å². The lowest BCUT2D eigenvalue weighted by atomic mass is 10.1. The summed E-state index contributed by atoms with van der Waals surface area (Å²) in [5.74, 6) is 1.23. The second-order valence-corrected chi connectivity index (χ2v) is 4.53. The highest BCUT2D eigenvalue weighted by molar-refractivity contribution is 5.66. The monoisotopic (exact) mass is 275 g/mol. The van der Waals surface area contributed by atoms with Crippen LogP contribution < -0.4 is 5.32 Å². The molecule has 0 aliphatic carbocycles. The summed E-state index contributed by atoms with van der Waals surface area (Å²) in [5.41, 5.74) is 1.40. The Morgan fingerprint density at radius 3 is 2.95 bits per heavy atom. The molecule has 106 valence electrons. The van der Waals surface area contributed by atoms with E-state index in [0.717, 1.165) is 19.4 Å². The van der Waals surface area contributed by atoms with E-state index in [1.165, 1.54) is 6.07 Å². The molecule has 2 rings (SSSR count). The Morgan fingerprint density at radius 2 is 2.25 bits per heavy atom. The maximum absolute atomic E-state index is 10.9. The lowest BCUT2D eigenvalue weighted by molar-refractivity contribution is -0.385. The fourth-order valence-electron chi connectivity index (χ4n) is 2.05. The van der Waals surface area contributed by atoms with Gasteiger partial charge in [-0.05, 0) is 26.9 Å². The van der Waals surface area contributed by atoms with Crippen LogP contribution >= 0.6 is 0 Å². The SMILES string of the molecule is CNCCCc1ncc(-c2cccc([N+](=O)[O-])c2C)o1. The second-order valence-electron chi connectivity index (χ2n) is 4.53. The quantitative estimate of drug-likeness (QED) is 0.498. The van der Waals surface area contributed by atoms with Gasteiger partial charge in [0.1, 0.15) is 0 Å². The fourth-order valence-corrected chi connectivity index (χ4v) is 2.05. The number of hydrogen-bond acceptors (Lipinski definition) is 5. The molecule has 0 amide bonds. The lowest BCUT2D eigenvalue weighted by Crippen LogP contribution is -2.08.